The van der Waals surface area contributed by atoms with Crippen molar-refractivity contribution < 1.29 is 18.8 Å². The maximum Gasteiger partial charge on any atom is 0.321 e. The number of carbonyl (C=O) groups excluding carboxylic acids is 3. The summed E-state index contributed by atoms with van der Waals surface area (Å²) in [5.74, 6) is -1.08. The maximum absolute atomic E-state index is 13.9. The molecular formula is C23H28FN5O3. The smallest absolute Gasteiger partial charge is 0.321 e. The standard InChI is InChI=1S/C23H28FN5O3/c24-19-5-1-2-6-20(19)28-23(32)29-14-3-4-18(9-13-26-21(30)10-15-29)22(31)27-16-17-7-11-25-12-8-17/h1-2,5-8,11-12,18H,3-4,9-10,13-16H2,(H,26,30)(H,27,31)(H,28,32). The van der Waals surface area contributed by atoms with Crippen LogP contribution in [-0.4, -0.2) is 47.4 Å². The minimum absolute atomic E-state index is 0.0855. The van der Waals surface area contributed by atoms with Crippen LogP contribution in [0.2, 0.25) is 0 Å². The zero-order valence-corrected chi connectivity index (χ0v) is 17.9. The Labute approximate surface area is 186 Å². The average Bonchev–Trinajstić information content (AvgIpc) is 2.84. The van der Waals surface area contributed by atoms with Crippen LogP contribution in [-0.2, 0) is 16.1 Å². The number of carbonyl (C=O) groups is 3. The maximum atomic E-state index is 13.9. The number of aromatic nitrogens is 1. The Morgan fingerprint density at radius 2 is 1.91 bits per heavy atom. The first-order valence-corrected chi connectivity index (χ1v) is 10.8. The number of hydrogen-bond acceptors (Lipinski definition) is 4. The van der Waals surface area contributed by atoms with E-state index in [1.54, 1.807) is 24.5 Å². The van der Waals surface area contributed by atoms with E-state index in [0.29, 0.717) is 38.9 Å². The number of nitrogens with zero attached hydrogens (tertiary/aromatic N) is 2. The number of nitrogens with one attached hydrogen (secondary N) is 3. The van der Waals surface area contributed by atoms with E-state index in [9.17, 15) is 18.8 Å². The second-order valence-electron chi connectivity index (χ2n) is 7.70. The fraction of sp³-hybridized carbons (Fsp3) is 0.391. The van der Waals surface area contributed by atoms with Gasteiger partial charge in [0.2, 0.25) is 11.8 Å². The summed E-state index contributed by atoms with van der Waals surface area (Å²) in [6.45, 7) is 1.38. The first-order valence-electron chi connectivity index (χ1n) is 10.8. The molecule has 1 unspecified atom stereocenters. The SMILES string of the molecule is O=C1CCN(C(=O)Nc2ccccc2F)CCCC(C(=O)NCc2ccncc2)CCN1. The lowest BCUT2D eigenvalue weighted by Gasteiger charge is -2.23. The van der Waals surface area contributed by atoms with E-state index in [4.69, 9.17) is 0 Å². The molecule has 2 aromatic rings. The Bertz CT molecular complexity index is 925. The van der Waals surface area contributed by atoms with E-state index in [0.717, 1.165) is 5.56 Å². The molecule has 2 heterocycles. The van der Waals surface area contributed by atoms with Crippen LogP contribution in [0.15, 0.2) is 48.8 Å². The molecule has 3 rings (SSSR count). The Kier molecular flexibility index (Phi) is 8.53. The van der Waals surface area contributed by atoms with Crippen LogP contribution in [0.1, 0.15) is 31.2 Å². The third-order valence-corrected chi connectivity index (χ3v) is 5.39. The van der Waals surface area contributed by atoms with Crippen LogP contribution < -0.4 is 16.0 Å². The first-order chi connectivity index (χ1) is 15.5. The van der Waals surface area contributed by atoms with Crippen LogP contribution in [0.5, 0.6) is 0 Å². The molecule has 1 aliphatic heterocycles. The molecule has 1 atom stereocenters. The highest BCUT2D eigenvalue weighted by Crippen LogP contribution is 2.16. The Morgan fingerprint density at radius 1 is 1.12 bits per heavy atom. The molecule has 1 saturated heterocycles. The minimum atomic E-state index is -0.526. The largest absolute Gasteiger partial charge is 0.356 e. The highest BCUT2D eigenvalue weighted by molar-refractivity contribution is 5.89. The van der Waals surface area contributed by atoms with E-state index < -0.39 is 11.8 Å². The summed E-state index contributed by atoms with van der Waals surface area (Å²) in [6, 6.07) is 9.13. The van der Waals surface area contributed by atoms with Gasteiger partial charge in [-0.05, 0) is 49.1 Å². The number of pyridine rings is 1. The van der Waals surface area contributed by atoms with Crippen LogP contribution in [0.25, 0.3) is 0 Å². The molecule has 0 spiro atoms. The van der Waals surface area contributed by atoms with Crippen LogP contribution >= 0.6 is 0 Å². The molecular weight excluding hydrogens is 413 g/mol. The van der Waals surface area contributed by atoms with E-state index >= 15 is 0 Å². The summed E-state index contributed by atoms with van der Waals surface area (Å²) in [6.07, 6.45) is 5.17. The molecule has 9 heteroatoms. The molecule has 1 aromatic heterocycles. The quantitative estimate of drug-likeness (QED) is 0.679. The van der Waals surface area contributed by atoms with Gasteiger partial charge in [-0.25, -0.2) is 9.18 Å². The van der Waals surface area contributed by atoms with Gasteiger partial charge >= 0.3 is 6.03 Å². The third-order valence-electron chi connectivity index (χ3n) is 5.39. The number of benzene rings is 1. The van der Waals surface area contributed by atoms with Crippen LogP contribution in [0, 0.1) is 11.7 Å². The summed E-state index contributed by atoms with van der Waals surface area (Å²) in [7, 11) is 0. The fourth-order valence-corrected chi connectivity index (χ4v) is 3.55. The van der Waals surface area contributed by atoms with Crippen LogP contribution in [0.4, 0.5) is 14.9 Å². The van der Waals surface area contributed by atoms with Gasteiger partial charge in [-0.2, -0.15) is 0 Å². The Balaban J connectivity index is 1.59. The molecule has 170 valence electrons. The highest BCUT2D eigenvalue weighted by Gasteiger charge is 2.22. The Morgan fingerprint density at radius 3 is 2.69 bits per heavy atom. The van der Waals surface area contributed by atoms with Gasteiger partial charge in [-0.15, -0.1) is 0 Å². The highest BCUT2D eigenvalue weighted by atomic mass is 19.1. The zero-order valence-electron chi connectivity index (χ0n) is 17.9. The average molecular weight is 442 g/mol. The summed E-state index contributed by atoms with van der Waals surface area (Å²) >= 11 is 0. The van der Waals surface area contributed by atoms with Crippen molar-refractivity contribution in [1.82, 2.24) is 20.5 Å². The third kappa shape index (κ3) is 7.04. The number of halogens is 1. The van der Waals surface area contributed by atoms with Crippen molar-refractivity contribution in [2.75, 3.05) is 25.0 Å². The van der Waals surface area contributed by atoms with E-state index in [-0.39, 0.29) is 36.4 Å². The topological polar surface area (TPSA) is 103 Å². The summed E-state index contributed by atoms with van der Waals surface area (Å²) in [4.78, 5) is 43.0. The predicted octanol–water partition coefficient (Wildman–Crippen LogP) is 2.68. The van der Waals surface area contributed by atoms with E-state index in [1.807, 2.05) is 12.1 Å². The molecule has 0 bridgehead atoms. The molecule has 1 aliphatic rings. The van der Waals surface area contributed by atoms with Gasteiger partial charge in [-0.3, -0.25) is 14.6 Å². The van der Waals surface area contributed by atoms with Gasteiger partial charge in [-0.1, -0.05) is 12.1 Å². The second kappa shape index (κ2) is 11.8. The lowest BCUT2D eigenvalue weighted by atomic mass is 9.98. The number of amides is 4. The van der Waals surface area contributed by atoms with Crippen molar-refractivity contribution in [2.45, 2.75) is 32.2 Å². The molecule has 32 heavy (non-hydrogen) atoms. The van der Waals surface area contributed by atoms with Crippen molar-refractivity contribution in [2.24, 2.45) is 5.92 Å². The van der Waals surface area contributed by atoms with Gasteiger partial charge in [0.1, 0.15) is 5.82 Å². The van der Waals surface area contributed by atoms with Crippen molar-refractivity contribution in [3.63, 3.8) is 0 Å². The fourth-order valence-electron chi connectivity index (χ4n) is 3.55. The number of hydrogen-bond donors (Lipinski definition) is 3. The number of rotatable bonds is 4. The van der Waals surface area contributed by atoms with Gasteiger partial charge in [0.15, 0.2) is 0 Å². The second-order valence-corrected chi connectivity index (χ2v) is 7.70. The molecule has 0 aliphatic carbocycles. The molecule has 4 amide bonds. The number of anilines is 1. The minimum Gasteiger partial charge on any atom is -0.356 e. The predicted molar refractivity (Wildman–Crippen MR) is 118 cm³/mol. The van der Waals surface area contributed by atoms with Crippen molar-refractivity contribution in [1.29, 1.82) is 0 Å². The lowest BCUT2D eigenvalue weighted by Crippen LogP contribution is -2.38. The molecule has 0 radical (unpaired) electrons. The van der Waals surface area contributed by atoms with Gasteiger partial charge in [0.25, 0.3) is 0 Å². The van der Waals surface area contributed by atoms with E-state index in [2.05, 4.69) is 20.9 Å². The molecule has 1 aromatic carbocycles. The normalized spacial score (nSPS) is 17.6. The van der Waals surface area contributed by atoms with E-state index in [1.165, 1.54) is 17.0 Å². The van der Waals surface area contributed by atoms with Gasteiger partial charge < -0.3 is 20.9 Å². The van der Waals surface area contributed by atoms with Crippen molar-refractivity contribution in [3.05, 3.63) is 60.2 Å². The molecule has 1 fully saturated rings. The van der Waals surface area contributed by atoms with Gasteiger partial charge in [0.05, 0.1) is 5.69 Å². The summed E-state index contributed by atoms with van der Waals surface area (Å²) in [5.41, 5.74) is 1.04. The first kappa shape index (κ1) is 23.2. The summed E-state index contributed by atoms with van der Waals surface area (Å²) < 4.78 is 13.9. The summed E-state index contributed by atoms with van der Waals surface area (Å²) in [5, 5.41) is 8.31. The molecule has 0 saturated carbocycles. The van der Waals surface area contributed by atoms with Crippen molar-refractivity contribution in [3.8, 4) is 0 Å². The molecule has 3 N–H and O–H groups in total. The Hall–Kier alpha value is -3.49. The molecule has 8 nitrogen and oxygen atoms in total. The number of para-hydroxylation sites is 1. The zero-order chi connectivity index (χ0) is 22.8. The van der Waals surface area contributed by atoms with Crippen LogP contribution in [0.3, 0.4) is 0 Å². The van der Waals surface area contributed by atoms with Crippen molar-refractivity contribution >= 4 is 23.5 Å². The monoisotopic (exact) mass is 441 g/mol. The number of urea groups is 1. The lowest BCUT2D eigenvalue weighted by molar-refractivity contribution is -0.126. The van der Waals surface area contributed by atoms with Gasteiger partial charge in [0, 0.05) is 50.9 Å².